The highest BCUT2D eigenvalue weighted by atomic mass is 32.2. The Morgan fingerprint density at radius 3 is 2.50 bits per heavy atom. The lowest BCUT2D eigenvalue weighted by atomic mass is 9.99. The second kappa shape index (κ2) is 10.0. The number of hydrogen-bond acceptors (Lipinski definition) is 5. The van der Waals surface area contributed by atoms with Crippen molar-refractivity contribution >= 4 is 21.6 Å². The van der Waals surface area contributed by atoms with E-state index < -0.39 is 16.1 Å². The Bertz CT molecular complexity index is 766. The van der Waals surface area contributed by atoms with Crippen LogP contribution in [0, 0.1) is 5.92 Å². The first kappa shape index (κ1) is 22.3. The Balaban J connectivity index is 2.15. The molecule has 0 spiro atoms. The summed E-state index contributed by atoms with van der Waals surface area (Å²) in [6.45, 7) is 7.26. The fraction of sp³-hybridized carbons (Fsp3) is 0.650. The lowest BCUT2D eigenvalue weighted by molar-refractivity contribution is -0.122. The maximum atomic E-state index is 12.7. The summed E-state index contributed by atoms with van der Waals surface area (Å²) in [5.74, 6) is 1.14. The van der Waals surface area contributed by atoms with Crippen molar-refractivity contribution in [2.45, 2.75) is 52.5 Å². The molecule has 0 bridgehead atoms. The van der Waals surface area contributed by atoms with Crippen LogP contribution in [0.3, 0.4) is 0 Å². The van der Waals surface area contributed by atoms with Crippen LogP contribution in [-0.2, 0) is 14.8 Å². The van der Waals surface area contributed by atoms with E-state index in [0.717, 1.165) is 36.2 Å². The number of sulfonamides is 1. The Hall–Kier alpha value is -1.96. The number of carbonyl (C=O) groups excluding carboxylic acids is 1. The molecule has 1 aliphatic rings. The summed E-state index contributed by atoms with van der Waals surface area (Å²) in [4.78, 5) is 12.7. The lowest BCUT2D eigenvalue weighted by Crippen LogP contribution is -2.48. The fourth-order valence-electron chi connectivity index (χ4n) is 3.31. The topological polar surface area (TPSA) is 84.9 Å². The Morgan fingerprint density at radius 2 is 1.89 bits per heavy atom. The summed E-state index contributed by atoms with van der Waals surface area (Å²) in [7, 11) is -3.67. The van der Waals surface area contributed by atoms with Crippen LogP contribution < -0.4 is 19.1 Å². The van der Waals surface area contributed by atoms with Gasteiger partial charge in [0, 0.05) is 12.6 Å². The van der Waals surface area contributed by atoms with Crippen molar-refractivity contribution in [1.82, 2.24) is 5.32 Å². The van der Waals surface area contributed by atoms with Crippen molar-refractivity contribution < 1.29 is 22.7 Å². The van der Waals surface area contributed by atoms with Crippen molar-refractivity contribution in [3.8, 4) is 11.5 Å². The molecule has 0 fully saturated rings. The average molecular weight is 413 g/mol. The van der Waals surface area contributed by atoms with Gasteiger partial charge in [0.15, 0.2) is 11.5 Å². The van der Waals surface area contributed by atoms with E-state index >= 15 is 0 Å². The van der Waals surface area contributed by atoms with E-state index in [0.29, 0.717) is 42.9 Å². The standard InChI is InChI=1S/C20H32N2O5S/c1-5-7-8-16(6-2)14-21-20(23)15(3)22(28(4,24)25)17-9-10-18-19(13-17)27-12-11-26-18/h9-10,13,15-16H,5-8,11-12,14H2,1-4H3,(H,21,23)/t15-,16-/m1/s1. The first-order valence-electron chi connectivity index (χ1n) is 9.94. The van der Waals surface area contributed by atoms with E-state index in [2.05, 4.69) is 19.2 Å². The predicted octanol–water partition coefficient (Wildman–Crippen LogP) is 2.94. The molecule has 2 atom stereocenters. The Morgan fingerprint density at radius 1 is 1.21 bits per heavy atom. The summed E-state index contributed by atoms with van der Waals surface area (Å²) in [5, 5.41) is 2.93. The molecule has 1 aromatic carbocycles. The monoisotopic (exact) mass is 412 g/mol. The van der Waals surface area contributed by atoms with Crippen LogP contribution in [0.5, 0.6) is 11.5 Å². The average Bonchev–Trinajstić information content (AvgIpc) is 2.66. The van der Waals surface area contributed by atoms with Gasteiger partial charge < -0.3 is 14.8 Å². The second-order valence-electron chi connectivity index (χ2n) is 7.22. The van der Waals surface area contributed by atoms with Crippen molar-refractivity contribution in [3.63, 3.8) is 0 Å². The number of anilines is 1. The quantitative estimate of drug-likeness (QED) is 0.639. The summed E-state index contributed by atoms with van der Waals surface area (Å²) < 4.78 is 37.1. The molecule has 1 heterocycles. The molecular formula is C20H32N2O5S. The third-order valence-electron chi connectivity index (χ3n) is 4.98. The highest BCUT2D eigenvalue weighted by Gasteiger charge is 2.30. The van der Waals surface area contributed by atoms with Crippen LogP contribution in [-0.4, -0.2) is 46.4 Å². The van der Waals surface area contributed by atoms with Gasteiger partial charge in [-0.1, -0.05) is 33.1 Å². The van der Waals surface area contributed by atoms with E-state index in [1.165, 1.54) is 0 Å². The van der Waals surface area contributed by atoms with E-state index in [9.17, 15) is 13.2 Å². The van der Waals surface area contributed by atoms with Crippen LogP contribution in [0.2, 0.25) is 0 Å². The minimum atomic E-state index is -3.67. The highest BCUT2D eigenvalue weighted by Crippen LogP contribution is 2.35. The van der Waals surface area contributed by atoms with Crippen LogP contribution in [0.15, 0.2) is 18.2 Å². The van der Waals surface area contributed by atoms with Crippen LogP contribution in [0.25, 0.3) is 0 Å². The highest BCUT2D eigenvalue weighted by molar-refractivity contribution is 7.92. The molecule has 28 heavy (non-hydrogen) atoms. The van der Waals surface area contributed by atoms with Gasteiger partial charge in [0.2, 0.25) is 15.9 Å². The number of carbonyl (C=O) groups is 1. The second-order valence-corrected chi connectivity index (χ2v) is 9.08. The molecule has 158 valence electrons. The first-order valence-corrected chi connectivity index (χ1v) is 11.8. The van der Waals surface area contributed by atoms with Crippen molar-refractivity contribution in [2.24, 2.45) is 5.92 Å². The summed E-state index contributed by atoms with van der Waals surface area (Å²) in [6, 6.07) is 4.04. The number of nitrogens with one attached hydrogen (secondary N) is 1. The molecule has 0 unspecified atom stereocenters. The molecule has 1 amide bonds. The maximum absolute atomic E-state index is 12.7. The molecule has 0 saturated carbocycles. The predicted molar refractivity (Wildman–Crippen MR) is 111 cm³/mol. The molecular weight excluding hydrogens is 380 g/mol. The normalized spacial score (nSPS) is 15.6. The number of ether oxygens (including phenoxy) is 2. The zero-order chi connectivity index (χ0) is 20.7. The smallest absolute Gasteiger partial charge is 0.243 e. The van der Waals surface area contributed by atoms with Gasteiger partial charge in [0.05, 0.1) is 11.9 Å². The van der Waals surface area contributed by atoms with Crippen molar-refractivity contribution in [3.05, 3.63) is 18.2 Å². The Kier molecular flexibility index (Phi) is 7.98. The zero-order valence-electron chi connectivity index (χ0n) is 17.2. The van der Waals surface area contributed by atoms with Crippen LogP contribution in [0.1, 0.15) is 46.5 Å². The molecule has 2 rings (SSSR count). The van der Waals surface area contributed by atoms with Crippen LogP contribution in [0.4, 0.5) is 5.69 Å². The molecule has 1 aliphatic heterocycles. The molecule has 7 nitrogen and oxygen atoms in total. The molecule has 0 aromatic heterocycles. The number of amides is 1. The van der Waals surface area contributed by atoms with E-state index in [-0.39, 0.29) is 5.91 Å². The van der Waals surface area contributed by atoms with E-state index in [1.54, 1.807) is 25.1 Å². The van der Waals surface area contributed by atoms with E-state index in [4.69, 9.17) is 9.47 Å². The van der Waals surface area contributed by atoms with Gasteiger partial charge in [-0.15, -0.1) is 0 Å². The summed E-state index contributed by atoms with van der Waals surface area (Å²) in [5.41, 5.74) is 0.382. The largest absolute Gasteiger partial charge is 0.486 e. The molecule has 8 heteroatoms. The van der Waals surface area contributed by atoms with Gasteiger partial charge in [-0.2, -0.15) is 0 Å². The number of benzene rings is 1. The third-order valence-corrected chi connectivity index (χ3v) is 6.22. The van der Waals surface area contributed by atoms with Gasteiger partial charge in [0.1, 0.15) is 19.3 Å². The summed E-state index contributed by atoms with van der Waals surface area (Å²) in [6.07, 6.45) is 5.37. The van der Waals surface area contributed by atoms with E-state index in [1.807, 2.05) is 0 Å². The number of rotatable bonds is 10. The van der Waals surface area contributed by atoms with Gasteiger partial charge in [0.25, 0.3) is 0 Å². The molecule has 0 aliphatic carbocycles. The van der Waals surface area contributed by atoms with Crippen molar-refractivity contribution in [1.29, 1.82) is 0 Å². The van der Waals surface area contributed by atoms with Gasteiger partial charge in [-0.25, -0.2) is 8.42 Å². The number of unbranched alkanes of at least 4 members (excludes halogenated alkanes) is 1. The number of fused-ring (bicyclic) bond motifs is 1. The van der Waals surface area contributed by atoms with Gasteiger partial charge in [-0.3, -0.25) is 9.10 Å². The minimum absolute atomic E-state index is 0.310. The van der Waals surface area contributed by atoms with Crippen LogP contribution >= 0.6 is 0 Å². The Labute approximate surface area is 168 Å². The molecule has 1 N–H and O–H groups in total. The lowest BCUT2D eigenvalue weighted by Gasteiger charge is -2.30. The SMILES string of the molecule is CCCC[C@@H](CC)CNC(=O)[C@@H](C)N(c1ccc2c(c1)OCCO2)S(C)(=O)=O. The zero-order valence-corrected chi connectivity index (χ0v) is 18.0. The van der Waals surface area contributed by atoms with Crippen molar-refractivity contribution in [2.75, 3.05) is 30.3 Å². The number of hydrogen-bond donors (Lipinski definition) is 1. The molecule has 0 saturated heterocycles. The fourth-order valence-corrected chi connectivity index (χ4v) is 4.48. The number of nitrogens with zero attached hydrogens (tertiary/aromatic N) is 1. The summed E-state index contributed by atoms with van der Waals surface area (Å²) >= 11 is 0. The van der Waals surface area contributed by atoms with Gasteiger partial charge in [-0.05, 0) is 31.4 Å². The molecule has 1 aromatic rings. The van der Waals surface area contributed by atoms with Gasteiger partial charge >= 0.3 is 0 Å². The first-order chi connectivity index (χ1) is 13.3. The third kappa shape index (κ3) is 5.77. The molecule has 0 radical (unpaired) electrons. The minimum Gasteiger partial charge on any atom is -0.486 e. The maximum Gasteiger partial charge on any atom is 0.243 e.